The van der Waals surface area contributed by atoms with Crippen LogP contribution in [0.25, 0.3) is 22.0 Å². The van der Waals surface area contributed by atoms with Crippen molar-refractivity contribution in [3.63, 3.8) is 0 Å². The normalized spacial score (nSPS) is 15.2. The molecule has 0 unspecified atom stereocenters. The topological polar surface area (TPSA) is 3.88 Å². The van der Waals surface area contributed by atoms with Crippen LogP contribution in [0, 0.1) is 6.92 Å². The van der Waals surface area contributed by atoms with Gasteiger partial charge in [0.2, 0.25) is 5.69 Å². The first-order valence-corrected chi connectivity index (χ1v) is 13.7. The van der Waals surface area contributed by atoms with E-state index in [1.54, 1.807) is 5.19 Å². The van der Waals surface area contributed by atoms with Gasteiger partial charge >= 0.3 is 0 Å². The van der Waals surface area contributed by atoms with Crippen LogP contribution in [0.1, 0.15) is 44.7 Å². The number of fused-ring (bicyclic) bond motifs is 1. The quantitative estimate of drug-likeness (QED) is 0.382. The fourth-order valence-electron chi connectivity index (χ4n) is 4.49. The minimum atomic E-state index is -1.32. The molecule has 0 atom stereocenters. The highest BCUT2D eigenvalue weighted by molar-refractivity contribution is 6.91. The second-order valence-electron chi connectivity index (χ2n) is 10.4. The summed E-state index contributed by atoms with van der Waals surface area (Å²) < 4.78 is 2.29. The Kier molecular flexibility index (Phi) is 4.54. The number of hydrogen-bond donors (Lipinski definition) is 0. The molecular formula is C26H34NSi+. The van der Waals surface area contributed by atoms with Gasteiger partial charge in [-0.3, -0.25) is 0 Å². The highest BCUT2D eigenvalue weighted by Crippen LogP contribution is 2.45. The molecule has 0 spiro atoms. The molecule has 1 aliphatic rings. The molecule has 0 amide bonds. The van der Waals surface area contributed by atoms with Crippen LogP contribution in [0.2, 0.25) is 18.6 Å². The summed E-state index contributed by atoms with van der Waals surface area (Å²) in [5.74, 6) is 0. The van der Waals surface area contributed by atoms with Gasteiger partial charge in [-0.25, -0.2) is 4.57 Å². The molecule has 146 valence electrons. The zero-order valence-corrected chi connectivity index (χ0v) is 19.6. The molecule has 0 bridgehead atoms. The fraction of sp³-hybridized carbons (Fsp3) is 0.423. The molecule has 3 aromatic rings. The first-order chi connectivity index (χ1) is 13.1. The summed E-state index contributed by atoms with van der Waals surface area (Å²) in [6, 6.07) is 16.6. The largest absolute Gasteiger partial charge is 0.220 e. The molecule has 1 heterocycles. The smallest absolute Gasteiger partial charge is 0.200 e. The van der Waals surface area contributed by atoms with Gasteiger partial charge in [-0.1, -0.05) is 76.2 Å². The highest BCUT2D eigenvalue weighted by atomic mass is 28.3. The van der Waals surface area contributed by atoms with Crippen LogP contribution in [-0.2, 0) is 12.5 Å². The molecule has 2 aromatic carbocycles. The van der Waals surface area contributed by atoms with E-state index in [4.69, 9.17) is 0 Å². The van der Waals surface area contributed by atoms with E-state index in [1.807, 2.05) is 0 Å². The summed E-state index contributed by atoms with van der Waals surface area (Å²) in [6.07, 6.45) is 5.10. The van der Waals surface area contributed by atoms with Gasteiger partial charge in [0.05, 0.1) is 13.5 Å². The van der Waals surface area contributed by atoms with E-state index in [9.17, 15) is 0 Å². The molecule has 0 aliphatic heterocycles. The highest BCUT2D eigenvalue weighted by Gasteiger charge is 2.40. The fourth-order valence-corrected chi connectivity index (χ4v) is 7.61. The van der Waals surface area contributed by atoms with Crippen molar-refractivity contribution in [2.75, 3.05) is 0 Å². The van der Waals surface area contributed by atoms with Crippen molar-refractivity contribution in [3.8, 4) is 11.3 Å². The minimum absolute atomic E-state index is 0.151. The zero-order valence-electron chi connectivity index (χ0n) is 18.6. The number of pyridine rings is 1. The molecule has 1 aromatic heterocycles. The monoisotopic (exact) mass is 388 g/mol. The van der Waals surface area contributed by atoms with Crippen molar-refractivity contribution in [2.45, 2.75) is 64.6 Å². The Labute approximate surface area is 171 Å². The Morgan fingerprint density at radius 2 is 1.68 bits per heavy atom. The molecule has 1 saturated carbocycles. The summed E-state index contributed by atoms with van der Waals surface area (Å²) in [4.78, 5) is 0. The molecule has 1 fully saturated rings. The van der Waals surface area contributed by atoms with Gasteiger partial charge in [0.1, 0.15) is 7.05 Å². The molecule has 4 rings (SSSR count). The lowest BCUT2D eigenvalue weighted by Gasteiger charge is -2.23. The average Bonchev–Trinajstić information content (AvgIpc) is 3.47. The van der Waals surface area contributed by atoms with Crippen LogP contribution >= 0.6 is 0 Å². The molecule has 0 saturated heterocycles. The average molecular weight is 389 g/mol. The maximum absolute atomic E-state index is 2.55. The van der Waals surface area contributed by atoms with Gasteiger partial charge in [-0.2, -0.15) is 0 Å². The van der Waals surface area contributed by atoms with Crippen LogP contribution in [0.3, 0.4) is 0 Å². The predicted molar refractivity (Wildman–Crippen MR) is 124 cm³/mol. The van der Waals surface area contributed by atoms with Crippen LogP contribution in [0.4, 0.5) is 0 Å². The third-order valence-electron chi connectivity index (χ3n) is 6.84. The van der Waals surface area contributed by atoms with Gasteiger partial charge in [0.25, 0.3) is 0 Å². The first-order valence-electron chi connectivity index (χ1n) is 10.6. The third kappa shape index (κ3) is 3.32. The number of hydrogen-bond acceptors (Lipinski definition) is 0. The lowest BCUT2D eigenvalue weighted by atomic mass is 9.84. The summed E-state index contributed by atoms with van der Waals surface area (Å²) in [7, 11) is 0.851. The Morgan fingerprint density at radius 3 is 2.32 bits per heavy atom. The van der Waals surface area contributed by atoms with Crippen LogP contribution in [-0.4, -0.2) is 8.07 Å². The van der Waals surface area contributed by atoms with Crippen molar-refractivity contribution in [3.05, 3.63) is 59.8 Å². The number of aromatic nitrogens is 1. The molecular weight excluding hydrogens is 354 g/mol. The molecule has 0 N–H and O–H groups in total. The lowest BCUT2D eigenvalue weighted by Crippen LogP contribution is -2.41. The van der Waals surface area contributed by atoms with Gasteiger partial charge < -0.3 is 0 Å². The Bertz CT molecular complexity index is 1050. The van der Waals surface area contributed by atoms with Crippen LogP contribution in [0.5, 0.6) is 0 Å². The number of benzene rings is 2. The van der Waals surface area contributed by atoms with Crippen molar-refractivity contribution in [1.29, 1.82) is 0 Å². The Morgan fingerprint density at radius 1 is 0.964 bits per heavy atom. The Balaban J connectivity index is 1.92. The third-order valence-corrected chi connectivity index (χ3v) is 11.3. The predicted octanol–water partition coefficient (Wildman–Crippen LogP) is 6.02. The van der Waals surface area contributed by atoms with Crippen molar-refractivity contribution < 1.29 is 4.57 Å². The first kappa shape index (κ1) is 19.4. The van der Waals surface area contributed by atoms with Crippen molar-refractivity contribution in [2.24, 2.45) is 7.05 Å². The lowest BCUT2D eigenvalue weighted by molar-refractivity contribution is -0.659. The zero-order chi connectivity index (χ0) is 20.3. The molecule has 2 heteroatoms. The minimum Gasteiger partial charge on any atom is -0.200 e. The van der Waals surface area contributed by atoms with E-state index in [0.717, 1.165) is 5.54 Å². The maximum Gasteiger partial charge on any atom is 0.220 e. The summed E-state index contributed by atoms with van der Waals surface area (Å²) in [5, 5.41) is 4.36. The molecule has 1 aliphatic carbocycles. The van der Waals surface area contributed by atoms with Gasteiger partial charge in [0.15, 0.2) is 6.20 Å². The van der Waals surface area contributed by atoms with E-state index >= 15 is 0 Å². The second-order valence-corrected chi connectivity index (χ2v) is 15.2. The van der Waals surface area contributed by atoms with Gasteiger partial charge in [-0.15, -0.1) is 0 Å². The van der Waals surface area contributed by atoms with Crippen molar-refractivity contribution in [1.82, 2.24) is 0 Å². The van der Waals surface area contributed by atoms with E-state index < -0.39 is 8.07 Å². The number of rotatable bonds is 3. The molecule has 0 radical (unpaired) electrons. The van der Waals surface area contributed by atoms with E-state index in [1.165, 1.54) is 46.0 Å². The molecule has 1 nitrogen and oxygen atoms in total. The number of nitrogens with zero attached hydrogens (tertiary/aromatic N) is 1. The van der Waals surface area contributed by atoms with Gasteiger partial charge in [-0.05, 0) is 46.5 Å². The standard InChI is InChI=1S/C26H34NSi/c1-18-8-9-20(26(2,3)4)17-24(18)25-23-13-12-22(28(6,7)21-10-11-21)16-19(23)14-15-27(25)5/h8-9,12-17,21H,10-11H2,1-7H3/q+1. The summed E-state index contributed by atoms with van der Waals surface area (Å²) in [5.41, 5.74) is 6.55. The van der Waals surface area contributed by atoms with Crippen LogP contribution in [0.15, 0.2) is 48.7 Å². The second kappa shape index (κ2) is 6.55. The number of aryl methyl sites for hydroxylation is 2. The summed E-state index contributed by atoms with van der Waals surface area (Å²) in [6.45, 7) is 14.2. The Hall–Kier alpha value is -1.93. The van der Waals surface area contributed by atoms with Crippen LogP contribution < -0.4 is 9.75 Å². The van der Waals surface area contributed by atoms with E-state index in [0.29, 0.717) is 0 Å². The SMILES string of the molecule is Cc1ccc(C(C)(C)C)cc1-c1c2ccc([Si](C)(C)C3CC3)cc2cc[n+]1C. The van der Waals surface area contributed by atoms with E-state index in [-0.39, 0.29) is 5.41 Å². The molecule has 28 heavy (non-hydrogen) atoms. The van der Waals surface area contributed by atoms with Crippen molar-refractivity contribution >= 4 is 24.0 Å². The summed E-state index contributed by atoms with van der Waals surface area (Å²) >= 11 is 0. The maximum atomic E-state index is 2.55. The van der Waals surface area contributed by atoms with Gasteiger partial charge in [0, 0.05) is 11.6 Å². The van der Waals surface area contributed by atoms with E-state index in [2.05, 4.69) is 101 Å².